The Morgan fingerprint density at radius 3 is 2.34 bits per heavy atom. The summed E-state index contributed by atoms with van der Waals surface area (Å²) in [6, 6.07) is 11.0. The van der Waals surface area contributed by atoms with E-state index in [4.69, 9.17) is 23.2 Å². The largest absolute Gasteiger partial charge is 0.361 e. The number of H-pyrrole nitrogens is 1. The number of benzene rings is 2. The van der Waals surface area contributed by atoms with Gasteiger partial charge in [0.25, 0.3) is 10.0 Å². The third kappa shape index (κ3) is 3.50. The molecule has 0 unspecified atom stereocenters. The van der Waals surface area contributed by atoms with Crippen LogP contribution in [0.2, 0.25) is 10.0 Å². The lowest BCUT2D eigenvalue weighted by Crippen LogP contribution is -2.15. The minimum atomic E-state index is -4.00. The molecule has 0 aliphatic rings. The summed E-state index contributed by atoms with van der Waals surface area (Å²) < 4.78 is 30.2. The number of rotatable bonds is 4. The van der Waals surface area contributed by atoms with Crippen LogP contribution < -0.4 is 4.72 Å². The fourth-order valence-corrected chi connectivity index (χ4v) is 5.72. The Morgan fingerprint density at radius 1 is 1.03 bits per heavy atom. The number of nitrogens with one attached hydrogen (secondary N) is 2. The zero-order valence-corrected chi connectivity index (χ0v) is 18.2. The van der Waals surface area contributed by atoms with E-state index in [1.165, 1.54) is 0 Å². The maximum absolute atomic E-state index is 13.0. The molecule has 2 aromatic carbocycles. The van der Waals surface area contributed by atoms with Gasteiger partial charge in [0.2, 0.25) is 0 Å². The highest BCUT2D eigenvalue weighted by Crippen LogP contribution is 2.37. The quantitative estimate of drug-likeness (QED) is 0.444. The minimum absolute atomic E-state index is 0.0494. The Hall–Kier alpha value is -2.48. The first-order valence-corrected chi connectivity index (χ1v) is 11.0. The number of nitrogens with zero attached hydrogens (tertiary/aromatic N) is 2. The van der Waals surface area contributed by atoms with Crippen LogP contribution in [-0.4, -0.2) is 23.2 Å². The minimum Gasteiger partial charge on any atom is -0.361 e. The number of aromatic nitrogens is 3. The van der Waals surface area contributed by atoms with Crippen molar-refractivity contribution in [3.05, 3.63) is 64.0 Å². The van der Waals surface area contributed by atoms with Gasteiger partial charge >= 0.3 is 0 Å². The van der Waals surface area contributed by atoms with E-state index < -0.39 is 10.0 Å². The van der Waals surface area contributed by atoms with Gasteiger partial charge < -0.3 is 4.98 Å². The Balaban J connectivity index is 1.76. The number of halogens is 2. The second kappa shape index (κ2) is 7.09. The molecule has 0 fully saturated rings. The number of hydrogen-bond donors (Lipinski definition) is 2. The molecule has 0 aliphatic carbocycles. The molecule has 0 aliphatic heterocycles. The summed E-state index contributed by atoms with van der Waals surface area (Å²) in [6.45, 7) is 3.51. The van der Waals surface area contributed by atoms with E-state index in [0.29, 0.717) is 17.1 Å². The van der Waals surface area contributed by atoms with Gasteiger partial charge in [0.15, 0.2) is 0 Å². The first-order chi connectivity index (χ1) is 13.7. The zero-order valence-electron chi connectivity index (χ0n) is 15.9. The molecule has 0 bridgehead atoms. The molecule has 4 aromatic rings. The summed E-state index contributed by atoms with van der Waals surface area (Å²) in [6.07, 6.45) is 1.86. The van der Waals surface area contributed by atoms with E-state index in [1.54, 1.807) is 37.7 Å². The van der Waals surface area contributed by atoms with E-state index >= 15 is 0 Å². The van der Waals surface area contributed by atoms with E-state index in [1.807, 2.05) is 30.5 Å². The normalized spacial score (nSPS) is 11.9. The predicted octanol–water partition coefficient (Wildman–Crippen LogP) is 5.29. The molecule has 0 atom stereocenters. The zero-order chi connectivity index (χ0) is 20.9. The van der Waals surface area contributed by atoms with Crippen molar-refractivity contribution in [2.75, 3.05) is 4.72 Å². The summed E-state index contributed by atoms with van der Waals surface area (Å²) in [5.74, 6) is 0. The van der Waals surface area contributed by atoms with Crippen molar-refractivity contribution in [1.29, 1.82) is 0 Å². The van der Waals surface area contributed by atoms with Gasteiger partial charge in [-0.25, -0.2) is 8.42 Å². The number of hydrogen-bond acceptors (Lipinski definition) is 3. The number of fused-ring (bicyclic) bond motifs is 1. The van der Waals surface area contributed by atoms with Gasteiger partial charge in [-0.05, 0) is 60.7 Å². The summed E-state index contributed by atoms with van der Waals surface area (Å²) in [5.41, 5.74) is 4.30. The smallest absolute Gasteiger partial charge is 0.264 e. The van der Waals surface area contributed by atoms with Crippen molar-refractivity contribution in [2.45, 2.75) is 18.7 Å². The Kier molecular flexibility index (Phi) is 4.85. The maximum Gasteiger partial charge on any atom is 0.264 e. The van der Waals surface area contributed by atoms with Crippen LogP contribution >= 0.6 is 23.2 Å². The molecule has 2 heterocycles. The van der Waals surface area contributed by atoms with E-state index in [2.05, 4.69) is 14.8 Å². The monoisotopic (exact) mass is 448 g/mol. The molecular formula is C20H18Cl2N4O2S. The lowest BCUT2D eigenvalue weighted by atomic mass is 10.0. The highest BCUT2D eigenvalue weighted by Gasteiger charge is 2.25. The molecule has 2 aromatic heterocycles. The van der Waals surface area contributed by atoms with Crippen molar-refractivity contribution in [1.82, 2.24) is 14.8 Å². The molecule has 0 radical (unpaired) electrons. The van der Waals surface area contributed by atoms with Gasteiger partial charge in [-0.15, -0.1) is 0 Å². The maximum atomic E-state index is 13.0. The van der Waals surface area contributed by atoms with Gasteiger partial charge in [0, 0.05) is 18.8 Å². The van der Waals surface area contributed by atoms with Crippen LogP contribution in [0.1, 0.15) is 11.4 Å². The molecule has 0 saturated heterocycles. The van der Waals surface area contributed by atoms with E-state index in [9.17, 15) is 8.42 Å². The third-order valence-electron chi connectivity index (χ3n) is 4.90. The molecule has 4 rings (SSSR count). The molecular weight excluding hydrogens is 431 g/mol. The number of aromatic amines is 1. The standard InChI is InChI=1S/C20H18Cl2N4O2S/c1-11-19(12(2)26(3)24-11)25-29(27,28)20-16(21)9-15(10-17(20)22)13-4-5-18-14(8-13)6-7-23-18/h4-10,23,25H,1-3H3. The topological polar surface area (TPSA) is 79.8 Å². The van der Waals surface area contributed by atoms with Crippen LogP contribution in [0.5, 0.6) is 0 Å². The fraction of sp³-hybridized carbons (Fsp3) is 0.150. The molecule has 0 saturated carbocycles. The second-order valence-corrected chi connectivity index (χ2v) is 9.26. The molecule has 150 valence electrons. The fourth-order valence-electron chi connectivity index (χ4n) is 3.32. The molecule has 29 heavy (non-hydrogen) atoms. The molecule has 2 N–H and O–H groups in total. The third-order valence-corrected chi connectivity index (χ3v) is 7.17. The molecule has 0 amide bonds. The number of aryl methyl sites for hydroxylation is 2. The van der Waals surface area contributed by atoms with Crippen molar-refractivity contribution in [3.8, 4) is 11.1 Å². The van der Waals surface area contributed by atoms with E-state index in [-0.39, 0.29) is 14.9 Å². The lowest BCUT2D eigenvalue weighted by Gasteiger charge is -2.13. The predicted molar refractivity (Wildman–Crippen MR) is 117 cm³/mol. The van der Waals surface area contributed by atoms with Gasteiger partial charge in [-0.2, -0.15) is 5.10 Å². The van der Waals surface area contributed by atoms with Crippen molar-refractivity contribution < 1.29 is 8.42 Å². The van der Waals surface area contributed by atoms with Gasteiger partial charge in [-0.1, -0.05) is 29.3 Å². The van der Waals surface area contributed by atoms with Gasteiger partial charge in [0.05, 0.1) is 27.1 Å². The van der Waals surface area contributed by atoms with Gasteiger partial charge in [-0.3, -0.25) is 9.40 Å². The molecule has 9 heteroatoms. The Morgan fingerprint density at radius 2 is 1.72 bits per heavy atom. The number of sulfonamides is 1. The average Bonchev–Trinajstić information content (AvgIpc) is 3.20. The molecule has 6 nitrogen and oxygen atoms in total. The SMILES string of the molecule is Cc1nn(C)c(C)c1NS(=O)(=O)c1c(Cl)cc(-c2ccc3[nH]ccc3c2)cc1Cl. The van der Waals surface area contributed by atoms with Crippen LogP contribution in [0, 0.1) is 13.8 Å². The van der Waals surface area contributed by atoms with Crippen LogP contribution in [0.15, 0.2) is 47.5 Å². The summed E-state index contributed by atoms with van der Waals surface area (Å²) in [5, 5.41) is 5.37. The van der Waals surface area contributed by atoms with E-state index in [0.717, 1.165) is 22.0 Å². The average molecular weight is 449 g/mol. The second-order valence-electron chi connectivity index (χ2n) is 6.82. The molecule has 0 spiro atoms. The number of anilines is 1. The van der Waals surface area contributed by atoms with Crippen LogP contribution in [0.3, 0.4) is 0 Å². The summed E-state index contributed by atoms with van der Waals surface area (Å²) in [4.78, 5) is 2.98. The summed E-state index contributed by atoms with van der Waals surface area (Å²) in [7, 11) is -2.26. The van der Waals surface area contributed by atoms with Crippen molar-refractivity contribution in [3.63, 3.8) is 0 Å². The van der Waals surface area contributed by atoms with Crippen LogP contribution in [0.4, 0.5) is 5.69 Å². The van der Waals surface area contributed by atoms with Gasteiger partial charge in [0.1, 0.15) is 4.90 Å². The summed E-state index contributed by atoms with van der Waals surface area (Å²) >= 11 is 12.8. The van der Waals surface area contributed by atoms with Crippen molar-refractivity contribution >= 4 is 49.8 Å². The Labute approximate surface area is 178 Å². The first kappa shape index (κ1) is 19.8. The Bertz CT molecular complexity index is 1330. The highest BCUT2D eigenvalue weighted by atomic mass is 35.5. The van der Waals surface area contributed by atoms with Crippen LogP contribution in [-0.2, 0) is 17.1 Å². The highest BCUT2D eigenvalue weighted by molar-refractivity contribution is 7.93. The van der Waals surface area contributed by atoms with Crippen molar-refractivity contribution in [2.24, 2.45) is 7.05 Å². The first-order valence-electron chi connectivity index (χ1n) is 8.77. The van der Waals surface area contributed by atoms with Crippen LogP contribution in [0.25, 0.3) is 22.0 Å². The lowest BCUT2D eigenvalue weighted by molar-refractivity contribution is 0.601.